The number of fused-ring (bicyclic) bond motifs is 1. The van der Waals surface area contributed by atoms with E-state index in [1.54, 1.807) is 25.1 Å². The minimum Gasteiger partial charge on any atom is -0.455 e. The Morgan fingerprint density at radius 3 is 2.69 bits per heavy atom. The van der Waals surface area contributed by atoms with E-state index in [-0.39, 0.29) is 11.5 Å². The molecule has 0 aliphatic carbocycles. The van der Waals surface area contributed by atoms with Crippen LogP contribution in [-0.2, 0) is 0 Å². The SMILES string of the molecule is Cc1cc([C@@H](C)Nc2ccccc2-c2nn[nH]n2)c2oc(-c3cccc(C#N)c3)c(C)c(=O)c2c1. The average molecular weight is 463 g/mol. The lowest BCUT2D eigenvalue weighted by Gasteiger charge is -2.20. The van der Waals surface area contributed by atoms with Gasteiger partial charge in [-0.15, -0.1) is 10.2 Å². The highest BCUT2D eigenvalue weighted by Gasteiger charge is 2.20. The zero-order valence-electron chi connectivity index (χ0n) is 19.5. The molecule has 0 radical (unpaired) electrons. The van der Waals surface area contributed by atoms with E-state index >= 15 is 0 Å². The zero-order chi connectivity index (χ0) is 24.5. The van der Waals surface area contributed by atoms with E-state index in [1.165, 1.54) is 0 Å². The Hall–Kier alpha value is -4.77. The molecular weight excluding hydrogens is 440 g/mol. The molecule has 35 heavy (non-hydrogen) atoms. The fourth-order valence-corrected chi connectivity index (χ4v) is 4.29. The van der Waals surface area contributed by atoms with Gasteiger partial charge in [0, 0.05) is 27.9 Å². The van der Waals surface area contributed by atoms with Crippen LogP contribution in [0.25, 0.3) is 33.7 Å². The number of para-hydroxylation sites is 1. The van der Waals surface area contributed by atoms with Crippen LogP contribution in [0.4, 0.5) is 5.69 Å². The molecule has 0 amide bonds. The van der Waals surface area contributed by atoms with Crippen LogP contribution in [-0.4, -0.2) is 20.6 Å². The summed E-state index contributed by atoms with van der Waals surface area (Å²) in [6.45, 7) is 5.73. The quantitative estimate of drug-likeness (QED) is 0.363. The van der Waals surface area contributed by atoms with Crippen LogP contribution < -0.4 is 10.7 Å². The summed E-state index contributed by atoms with van der Waals surface area (Å²) < 4.78 is 6.42. The summed E-state index contributed by atoms with van der Waals surface area (Å²) in [6.07, 6.45) is 0. The molecule has 0 fully saturated rings. The molecule has 172 valence electrons. The molecule has 2 heterocycles. The van der Waals surface area contributed by atoms with Crippen molar-refractivity contribution in [3.05, 3.63) is 93.1 Å². The maximum absolute atomic E-state index is 13.4. The fourth-order valence-electron chi connectivity index (χ4n) is 4.29. The third-order valence-electron chi connectivity index (χ3n) is 6.00. The van der Waals surface area contributed by atoms with Gasteiger partial charge < -0.3 is 9.73 Å². The molecule has 0 spiro atoms. The van der Waals surface area contributed by atoms with Gasteiger partial charge >= 0.3 is 0 Å². The van der Waals surface area contributed by atoms with Crippen molar-refractivity contribution in [2.24, 2.45) is 0 Å². The molecular formula is C27H22N6O2. The first kappa shape index (κ1) is 22.0. The second-order valence-electron chi connectivity index (χ2n) is 8.46. The minimum atomic E-state index is -0.213. The third kappa shape index (κ3) is 4.04. The van der Waals surface area contributed by atoms with Crippen molar-refractivity contribution in [3.8, 4) is 28.8 Å². The van der Waals surface area contributed by atoms with Crippen molar-refractivity contribution in [2.75, 3.05) is 5.32 Å². The first-order chi connectivity index (χ1) is 17.0. The van der Waals surface area contributed by atoms with E-state index in [4.69, 9.17) is 4.42 Å². The van der Waals surface area contributed by atoms with E-state index in [9.17, 15) is 10.1 Å². The average Bonchev–Trinajstić information content (AvgIpc) is 3.41. The molecule has 0 bridgehead atoms. The van der Waals surface area contributed by atoms with Gasteiger partial charge in [0.1, 0.15) is 11.3 Å². The predicted octanol–water partition coefficient (Wildman–Crippen LogP) is 5.30. The van der Waals surface area contributed by atoms with Crippen LogP contribution in [0.2, 0.25) is 0 Å². The Labute approximate surface area is 201 Å². The number of aromatic nitrogens is 4. The van der Waals surface area contributed by atoms with Crippen molar-refractivity contribution < 1.29 is 4.42 Å². The molecule has 5 aromatic rings. The summed E-state index contributed by atoms with van der Waals surface area (Å²) >= 11 is 0. The number of tetrazole rings is 1. The first-order valence-corrected chi connectivity index (χ1v) is 11.1. The highest BCUT2D eigenvalue weighted by molar-refractivity contribution is 5.85. The highest BCUT2D eigenvalue weighted by Crippen LogP contribution is 2.34. The molecule has 2 aromatic heterocycles. The van der Waals surface area contributed by atoms with Crippen molar-refractivity contribution in [1.29, 1.82) is 5.26 Å². The van der Waals surface area contributed by atoms with Gasteiger partial charge in [-0.3, -0.25) is 4.79 Å². The number of nitriles is 1. The highest BCUT2D eigenvalue weighted by atomic mass is 16.3. The van der Waals surface area contributed by atoms with Gasteiger partial charge in [0.15, 0.2) is 5.43 Å². The number of aryl methyl sites for hydroxylation is 1. The van der Waals surface area contributed by atoms with Gasteiger partial charge in [-0.2, -0.15) is 10.5 Å². The summed E-state index contributed by atoms with van der Waals surface area (Å²) in [6, 6.07) is 20.6. The van der Waals surface area contributed by atoms with Crippen LogP contribution in [0.5, 0.6) is 0 Å². The van der Waals surface area contributed by atoms with E-state index in [2.05, 4.69) is 32.0 Å². The molecule has 5 rings (SSSR count). The second kappa shape index (κ2) is 8.88. The van der Waals surface area contributed by atoms with Crippen LogP contribution in [0.1, 0.15) is 35.2 Å². The normalized spacial score (nSPS) is 11.8. The van der Waals surface area contributed by atoms with E-state index in [0.717, 1.165) is 22.4 Å². The number of hydrogen-bond donors (Lipinski definition) is 2. The Kier molecular flexibility index (Phi) is 5.59. The molecule has 0 aliphatic rings. The van der Waals surface area contributed by atoms with Crippen LogP contribution in [0, 0.1) is 25.2 Å². The lowest BCUT2D eigenvalue weighted by molar-refractivity contribution is 0.605. The Balaban J connectivity index is 1.65. The maximum Gasteiger partial charge on any atom is 0.206 e. The topological polar surface area (TPSA) is 120 Å². The number of nitrogens with zero attached hydrogens (tertiary/aromatic N) is 4. The maximum atomic E-state index is 13.4. The molecule has 0 unspecified atom stereocenters. The first-order valence-electron chi connectivity index (χ1n) is 11.1. The van der Waals surface area contributed by atoms with Gasteiger partial charge in [-0.25, -0.2) is 0 Å². The van der Waals surface area contributed by atoms with Crippen LogP contribution in [0.3, 0.4) is 0 Å². The lowest BCUT2D eigenvalue weighted by Crippen LogP contribution is -2.13. The summed E-state index contributed by atoms with van der Waals surface area (Å²) in [5, 5.41) is 27.7. The summed E-state index contributed by atoms with van der Waals surface area (Å²) in [5.74, 6) is 0.945. The van der Waals surface area contributed by atoms with Gasteiger partial charge in [0.05, 0.1) is 23.1 Å². The molecule has 3 aromatic carbocycles. The summed E-state index contributed by atoms with van der Waals surface area (Å²) in [4.78, 5) is 13.4. The van der Waals surface area contributed by atoms with Crippen molar-refractivity contribution in [2.45, 2.75) is 26.8 Å². The molecule has 0 aliphatic heterocycles. The third-order valence-corrected chi connectivity index (χ3v) is 6.00. The minimum absolute atomic E-state index is 0.0899. The van der Waals surface area contributed by atoms with Gasteiger partial charge in [-0.05, 0) is 61.9 Å². The van der Waals surface area contributed by atoms with E-state index < -0.39 is 0 Å². The molecule has 8 heteroatoms. The molecule has 0 saturated heterocycles. The number of rotatable bonds is 5. The Bertz CT molecular complexity index is 1650. The predicted molar refractivity (Wildman–Crippen MR) is 134 cm³/mol. The smallest absolute Gasteiger partial charge is 0.206 e. The van der Waals surface area contributed by atoms with Crippen molar-refractivity contribution in [3.63, 3.8) is 0 Å². The number of H-pyrrole nitrogens is 1. The van der Waals surface area contributed by atoms with Gasteiger partial charge in [0.25, 0.3) is 0 Å². The van der Waals surface area contributed by atoms with E-state index in [1.807, 2.05) is 56.3 Å². The molecule has 2 N–H and O–H groups in total. The second-order valence-corrected chi connectivity index (χ2v) is 8.46. The van der Waals surface area contributed by atoms with Gasteiger partial charge in [-0.1, -0.05) is 30.3 Å². The number of hydrogen-bond acceptors (Lipinski definition) is 7. The molecule has 8 nitrogen and oxygen atoms in total. The zero-order valence-corrected chi connectivity index (χ0v) is 19.5. The molecule has 0 saturated carbocycles. The van der Waals surface area contributed by atoms with Crippen molar-refractivity contribution in [1.82, 2.24) is 20.6 Å². The Morgan fingerprint density at radius 2 is 1.91 bits per heavy atom. The lowest BCUT2D eigenvalue weighted by atomic mass is 9.98. The number of anilines is 1. The fraction of sp³-hybridized carbons (Fsp3) is 0.148. The van der Waals surface area contributed by atoms with Crippen LogP contribution in [0.15, 0.2) is 69.9 Å². The Morgan fingerprint density at radius 1 is 1.09 bits per heavy atom. The van der Waals surface area contributed by atoms with Crippen LogP contribution >= 0.6 is 0 Å². The summed E-state index contributed by atoms with van der Waals surface area (Å²) in [7, 11) is 0. The number of nitrogens with one attached hydrogen (secondary N) is 2. The molecule has 1 atom stereocenters. The number of benzene rings is 3. The monoisotopic (exact) mass is 462 g/mol. The standard InChI is InChI=1S/C27H22N6O2/c1-15-11-21(17(3)29-23-10-5-4-9-20(23)27-30-32-33-31-27)26-22(12-15)24(34)16(2)25(35-26)19-8-6-7-18(13-19)14-28/h4-13,17,29H,1-3H3,(H,30,31,32,33)/t17-/m1/s1. The largest absolute Gasteiger partial charge is 0.455 e. The van der Waals surface area contributed by atoms with E-state index in [0.29, 0.717) is 39.2 Å². The van der Waals surface area contributed by atoms with Gasteiger partial charge in [0.2, 0.25) is 5.82 Å². The summed E-state index contributed by atoms with van der Waals surface area (Å²) in [5.41, 5.74) is 5.55. The van der Waals surface area contributed by atoms with Crippen molar-refractivity contribution >= 4 is 16.7 Å². The number of aromatic amines is 1.